The number of nitrogens with zero attached hydrogens (tertiary/aromatic N) is 1. The first-order chi connectivity index (χ1) is 12.4. The Morgan fingerprint density at radius 2 is 2.04 bits per heavy atom. The number of ether oxygens (including phenoxy) is 1. The summed E-state index contributed by atoms with van der Waals surface area (Å²) < 4.78 is 6.48. The smallest absolute Gasteiger partial charge is 0.354 e. The van der Waals surface area contributed by atoms with Crippen LogP contribution in [0.1, 0.15) is 53.1 Å². The lowest BCUT2D eigenvalue weighted by molar-refractivity contribution is 0.0587. The number of aromatic nitrogens is 1. The zero-order valence-electron chi connectivity index (χ0n) is 15.3. The Morgan fingerprint density at radius 1 is 1.35 bits per heavy atom. The molecule has 1 N–H and O–H groups in total. The Morgan fingerprint density at radius 3 is 2.58 bits per heavy atom. The molecule has 1 heterocycles. The molecule has 2 aromatic rings. The van der Waals surface area contributed by atoms with Gasteiger partial charge in [-0.05, 0) is 25.8 Å². The minimum absolute atomic E-state index is 0.110. The van der Waals surface area contributed by atoms with Crippen molar-refractivity contribution >= 4 is 22.7 Å². The number of Topliss-reactive ketones (excluding diaryl/α,β-unsaturated/α-hetero) is 1. The van der Waals surface area contributed by atoms with Crippen LogP contribution in [0.4, 0.5) is 0 Å². The van der Waals surface area contributed by atoms with Crippen molar-refractivity contribution in [3.05, 3.63) is 51.8 Å². The number of carbonyl (C=O) groups is 2. The van der Waals surface area contributed by atoms with Crippen molar-refractivity contribution in [3.8, 4) is 5.75 Å². The molecule has 0 amide bonds. The summed E-state index contributed by atoms with van der Waals surface area (Å²) in [5, 5.41) is 10.9. The number of ketones is 1. The Kier molecular flexibility index (Phi) is 5.97. The second kappa shape index (κ2) is 7.99. The van der Waals surface area contributed by atoms with Crippen LogP contribution >= 0.6 is 0 Å². The van der Waals surface area contributed by atoms with E-state index < -0.39 is 11.4 Å². The zero-order valence-corrected chi connectivity index (χ0v) is 15.3. The number of hydrogen-bond acceptors (Lipinski definition) is 5. The molecule has 1 aromatic carbocycles. The highest BCUT2D eigenvalue weighted by Crippen LogP contribution is 2.32. The van der Waals surface area contributed by atoms with Crippen LogP contribution in [-0.2, 0) is 17.7 Å². The van der Waals surface area contributed by atoms with Crippen LogP contribution in [0.5, 0.6) is 5.75 Å². The Bertz CT molecular complexity index is 940. The lowest BCUT2D eigenvalue weighted by atomic mass is 9.97. The summed E-state index contributed by atoms with van der Waals surface area (Å²) in [6.07, 6.45) is 3.42. The van der Waals surface area contributed by atoms with E-state index in [2.05, 4.69) is 6.58 Å². The standard InChI is InChI=1S/C20H23NO5/c1-5-7-9-21-16(20(25)26-4)11-17(23)15-10-14(12(3)22)19(24)13(8-6-2)18(15)21/h5,10-11,24H,1,6-9H2,2-4H3. The van der Waals surface area contributed by atoms with Crippen LogP contribution in [0.3, 0.4) is 0 Å². The number of phenolic OH excluding ortho intramolecular Hbond substituents is 1. The van der Waals surface area contributed by atoms with Crippen molar-refractivity contribution in [3.63, 3.8) is 0 Å². The third-order valence-electron chi connectivity index (χ3n) is 4.30. The molecule has 0 radical (unpaired) electrons. The molecule has 0 aliphatic rings. The maximum Gasteiger partial charge on any atom is 0.354 e. The maximum absolute atomic E-state index is 12.7. The largest absolute Gasteiger partial charge is 0.507 e. The van der Waals surface area contributed by atoms with Gasteiger partial charge in [0.2, 0.25) is 0 Å². The lowest BCUT2D eigenvalue weighted by Crippen LogP contribution is -2.21. The molecule has 0 spiro atoms. The molecule has 0 atom stereocenters. The van der Waals surface area contributed by atoms with E-state index in [9.17, 15) is 19.5 Å². The van der Waals surface area contributed by atoms with E-state index in [-0.39, 0.29) is 22.8 Å². The quantitative estimate of drug-likeness (QED) is 0.467. The molecule has 6 heteroatoms. The van der Waals surface area contributed by atoms with E-state index >= 15 is 0 Å². The molecule has 0 aliphatic carbocycles. The minimum atomic E-state index is -0.634. The number of rotatable bonds is 7. The number of aryl methyl sites for hydroxylation is 2. The van der Waals surface area contributed by atoms with E-state index in [4.69, 9.17) is 4.74 Å². The number of phenols is 1. The molecule has 26 heavy (non-hydrogen) atoms. The monoisotopic (exact) mass is 357 g/mol. The Hall–Kier alpha value is -2.89. The van der Waals surface area contributed by atoms with Gasteiger partial charge in [0.05, 0.1) is 18.2 Å². The van der Waals surface area contributed by atoms with Crippen LogP contribution in [0.25, 0.3) is 10.9 Å². The van der Waals surface area contributed by atoms with Gasteiger partial charge in [0.15, 0.2) is 11.2 Å². The van der Waals surface area contributed by atoms with Gasteiger partial charge in [-0.25, -0.2) is 4.79 Å². The number of fused-ring (bicyclic) bond motifs is 1. The third-order valence-corrected chi connectivity index (χ3v) is 4.30. The number of benzene rings is 1. The van der Waals surface area contributed by atoms with Crippen LogP contribution < -0.4 is 5.43 Å². The number of esters is 1. The first kappa shape index (κ1) is 19.4. The van der Waals surface area contributed by atoms with Gasteiger partial charge in [-0.3, -0.25) is 9.59 Å². The summed E-state index contributed by atoms with van der Waals surface area (Å²) in [5.74, 6) is -1.10. The molecule has 1 aromatic heterocycles. The number of hydrogen-bond donors (Lipinski definition) is 1. The van der Waals surface area contributed by atoms with Gasteiger partial charge >= 0.3 is 5.97 Å². The highest BCUT2D eigenvalue weighted by atomic mass is 16.5. The van der Waals surface area contributed by atoms with Crippen molar-refractivity contribution in [2.75, 3.05) is 7.11 Å². The average Bonchev–Trinajstić information content (AvgIpc) is 2.61. The van der Waals surface area contributed by atoms with Crippen molar-refractivity contribution in [2.24, 2.45) is 0 Å². The fourth-order valence-corrected chi connectivity index (χ4v) is 3.10. The summed E-state index contributed by atoms with van der Waals surface area (Å²) in [7, 11) is 1.25. The second-order valence-corrected chi connectivity index (χ2v) is 6.07. The van der Waals surface area contributed by atoms with Gasteiger partial charge in [-0.1, -0.05) is 19.4 Å². The molecule has 0 saturated heterocycles. The highest BCUT2D eigenvalue weighted by molar-refractivity contribution is 6.03. The van der Waals surface area contributed by atoms with Crippen molar-refractivity contribution in [1.82, 2.24) is 4.57 Å². The molecule has 0 fully saturated rings. The van der Waals surface area contributed by atoms with Crippen LogP contribution in [-0.4, -0.2) is 28.5 Å². The predicted molar refractivity (Wildman–Crippen MR) is 100 cm³/mol. The molecule has 6 nitrogen and oxygen atoms in total. The normalized spacial score (nSPS) is 10.7. The minimum Gasteiger partial charge on any atom is -0.507 e. The zero-order chi connectivity index (χ0) is 19.4. The molecule has 0 aliphatic heterocycles. The van der Waals surface area contributed by atoms with E-state index in [1.807, 2.05) is 6.92 Å². The molecular weight excluding hydrogens is 334 g/mol. The van der Waals surface area contributed by atoms with Crippen molar-refractivity contribution in [1.29, 1.82) is 0 Å². The summed E-state index contributed by atoms with van der Waals surface area (Å²) >= 11 is 0. The molecule has 0 unspecified atom stereocenters. The van der Waals surface area contributed by atoms with Gasteiger partial charge in [0.1, 0.15) is 11.4 Å². The summed E-state index contributed by atoms with van der Waals surface area (Å²) in [4.78, 5) is 36.8. The van der Waals surface area contributed by atoms with Gasteiger partial charge in [-0.2, -0.15) is 0 Å². The fourth-order valence-electron chi connectivity index (χ4n) is 3.10. The van der Waals surface area contributed by atoms with Crippen LogP contribution in [0, 0.1) is 0 Å². The van der Waals surface area contributed by atoms with Crippen LogP contribution in [0.15, 0.2) is 29.6 Å². The van der Waals surface area contributed by atoms with Crippen molar-refractivity contribution < 1.29 is 19.4 Å². The Balaban J connectivity index is 3.04. The van der Waals surface area contributed by atoms with E-state index in [1.54, 1.807) is 10.6 Å². The summed E-state index contributed by atoms with van der Waals surface area (Å²) in [6, 6.07) is 2.62. The molecular formula is C20H23NO5. The maximum atomic E-state index is 12.7. The van der Waals surface area contributed by atoms with Crippen LogP contribution in [0.2, 0.25) is 0 Å². The fraction of sp³-hybridized carbons (Fsp3) is 0.350. The van der Waals surface area contributed by atoms with Gasteiger partial charge in [0, 0.05) is 23.6 Å². The first-order valence-corrected chi connectivity index (χ1v) is 8.49. The van der Waals surface area contributed by atoms with Crippen molar-refractivity contribution in [2.45, 2.75) is 39.7 Å². The SMILES string of the molecule is C=CCCn1c(C(=O)OC)cc(=O)c2cc(C(C)=O)c(O)c(CCC)c21. The predicted octanol–water partition coefficient (Wildman–Crippen LogP) is 3.22. The van der Waals surface area contributed by atoms with E-state index in [0.29, 0.717) is 42.3 Å². The second-order valence-electron chi connectivity index (χ2n) is 6.07. The topological polar surface area (TPSA) is 85.6 Å². The van der Waals surface area contributed by atoms with Gasteiger partial charge < -0.3 is 14.4 Å². The van der Waals surface area contributed by atoms with E-state index in [1.165, 1.54) is 26.2 Å². The molecule has 0 bridgehead atoms. The summed E-state index contributed by atoms with van der Waals surface area (Å²) in [6.45, 7) is 7.36. The third kappa shape index (κ3) is 3.40. The van der Waals surface area contributed by atoms with Gasteiger partial charge in [-0.15, -0.1) is 6.58 Å². The first-order valence-electron chi connectivity index (χ1n) is 8.49. The molecule has 0 saturated carbocycles. The molecule has 2 rings (SSSR count). The molecule has 138 valence electrons. The number of carbonyl (C=O) groups excluding carboxylic acids is 2. The summed E-state index contributed by atoms with van der Waals surface area (Å²) in [5.41, 5.74) is 0.777. The average molecular weight is 357 g/mol. The lowest BCUT2D eigenvalue weighted by Gasteiger charge is -2.19. The number of methoxy groups -OCH3 is 1. The van der Waals surface area contributed by atoms with E-state index in [0.717, 1.165) is 0 Å². The van der Waals surface area contributed by atoms with Gasteiger partial charge in [0.25, 0.3) is 0 Å². The number of allylic oxidation sites excluding steroid dienone is 1. The Labute approximate surface area is 151 Å². The number of aromatic hydroxyl groups is 1. The number of pyridine rings is 1. The highest BCUT2D eigenvalue weighted by Gasteiger charge is 2.22.